The average molecular weight is 259 g/mol. The van der Waals surface area contributed by atoms with E-state index in [1.54, 1.807) is 6.07 Å². The number of hydrogen-bond acceptors (Lipinski definition) is 5. The molecule has 1 aliphatic heterocycles. The summed E-state index contributed by atoms with van der Waals surface area (Å²) in [6, 6.07) is 3.50. The van der Waals surface area contributed by atoms with Crippen LogP contribution < -0.4 is 9.64 Å². The van der Waals surface area contributed by atoms with Gasteiger partial charge in [-0.25, -0.2) is 4.98 Å². The number of anilines is 1. The summed E-state index contributed by atoms with van der Waals surface area (Å²) in [5, 5.41) is 8.88. The van der Waals surface area contributed by atoms with Gasteiger partial charge in [-0.3, -0.25) is 14.5 Å². The zero-order chi connectivity index (χ0) is 14.0. The van der Waals surface area contributed by atoms with E-state index in [-0.39, 0.29) is 24.0 Å². The lowest BCUT2D eigenvalue weighted by Crippen LogP contribution is -2.26. The highest BCUT2D eigenvalue weighted by molar-refractivity contribution is 5.99. The lowest BCUT2D eigenvalue weighted by molar-refractivity contribution is -0.123. The van der Waals surface area contributed by atoms with Crippen LogP contribution in [0.15, 0.2) is 12.3 Å². The molecule has 2 rings (SSSR count). The Hall–Kier alpha value is -2.42. The average Bonchev–Trinajstić information content (AvgIpc) is 2.80. The van der Waals surface area contributed by atoms with Gasteiger partial charge < -0.3 is 4.74 Å². The molecule has 19 heavy (non-hydrogen) atoms. The molecule has 0 radical (unpaired) electrons. The Balaban J connectivity index is 2.31. The van der Waals surface area contributed by atoms with Crippen LogP contribution in [0.25, 0.3) is 0 Å². The van der Waals surface area contributed by atoms with Crippen molar-refractivity contribution in [1.29, 1.82) is 5.26 Å². The molecular formula is C13H13N3O3. The molecule has 2 heterocycles. The van der Waals surface area contributed by atoms with Crippen LogP contribution in [-0.2, 0) is 9.59 Å². The number of ether oxygens (including phenoxy) is 1. The molecule has 0 bridgehead atoms. The second-order valence-corrected chi connectivity index (χ2v) is 4.37. The monoisotopic (exact) mass is 259 g/mol. The maximum absolute atomic E-state index is 11.9. The van der Waals surface area contributed by atoms with Crippen LogP contribution >= 0.6 is 0 Å². The van der Waals surface area contributed by atoms with Crippen molar-refractivity contribution < 1.29 is 14.3 Å². The molecule has 1 aromatic heterocycles. The largest absolute Gasteiger partial charge is 0.495 e. The highest BCUT2D eigenvalue weighted by Gasteiger charge is 2.34. The molecule has 0 aliphatic carbocycles. The van der Waals surface area contributed by atoms with E-state index in [0.717, 1.165) is 0 Å². The quantitative estimate of drug-likeness (QED) is 0.805. The smallest absolute Gasteiger partial charge is 0.228 e. The molecule has 1 saturated heterocycles. The third kappa shape index (κ3) is 2.40. The number of nitrogens with zero attached hydrogens (tertiary/aromatic N) is 3. The number of methoxy groups -OCH3 is 1. The Kier molecular flexibility index (Phi) is 3.47. The number of ketones is 1. The van der Waals surface area contributed by atoms with Crippen LogP contribution in [0.4, 0.5) is 5.82 Å². The number of hydrogen-bond donors (Lipinski definition) is 0. The highest BCUT2D eigenvalue weighted by atomic mass is 16.5. The van der Waals surface area contributed by atoms with Crippen molar-refractivity contribution in [1.82, 2.24) is 4.98 Å². The number of carbonyl (C=O) groups excluding carboxylic acids is 2. The fourth-order valence-corrected chi connectivity index (χ4v) is 2.03. The van der Waals surface area contributed by atoms with Crippen molar-refractivity contribution in [2.45, 2.75) is 13.3 Å². The van der Waals surface area contributed by atoms with E-state index in [9.17, 15) is 9.59 Å². The maximum atomic E-state index is 11.9. The summed E-state index contributed by atoms with van der Waals surface area (Å²) in [5.74, 6) is 0.350. The van der Waals surface area contributed by atoms with Gasteiger partial charge in [-0.2, -0.15) is 5.26 Å². The van der Waals surface area contributed by atoms with E-state index in [1.807, 2.05) is 6.07 Å². The zero-order valence-corrected chi connectivity index (χ0v) is 10.7. The predicted octanol–water partition coefficient (Wildman–Crippen LogP) is 0.904. The van der Waals surface area contributed by atoms with Gasteiger partial charge in [0.05, 0.1) is 13.3 Å². The van der Waals surface area contributed by atoms with Crippen molar-refractivity contribution in [3.8, 4) is 11.8 Å². The van der Waals surface area contributed by atoms with Crippen molar-refractivity contribution in [3.05, 3.63) is 17.8 Å². The number of amides is 1. The third-order valence-electron chi connectivity index (χ3n) is 3.17. The number of aromatic nitrogens is 1. The van der Waals surface area contributed by atoms with E-state index in [4.69, 9.17) is 10.00 Å². The molecule has 1 aliphatic rings. The Labute approximate surface area is 110 Å². The third-order valence-corrected chi connectivity index (χ3v) is 3.17. The van der Waals surface area contributed by atoms with E-state index in [1.165, 1.54) is 25.1 Å². The van der Waals surface area contributed by atoms with Gasteiger partial charge in [0.2, 0.25) is 5.91 Å². The Bertz CT molecular complexity index is 577. The lowest BCUT2D eigenvalue weighted by Gasteiger charge is -2.16. The van der Waals surface area contributed by atoms with Gasteiger partial charge in [-0.15, -0.1) is 0 Å². The molecular weight excluding hydrogens is 246 g/mol. The van der Waals surface area contributed by atoms with Crippen LogP contribution in [0.1, 0.15) is 18.9 Å². The summed E-state index contributed by atoms with van der Waals surface area (Å²) in [7, 11) is 1.45. The molecule has 6 nitrogen and oxygen atoms in total. The van der Waals surface area contributed by atoms with Crippen molar-refractivity contribution >= 4 is 17.5 Å². The number of rotatable bonds is 3. The maximum Gasteiger partial charge on any atom is 0.228 e. The van der Waals surface area contributed by atoms with E-state index in [2.05, 4.69) is 4.98 Å². The predicted molar refractivity (Wildman–Crippen MR) is 66.6 cm³/mol. The second kappa shape index (κ2) is 5.06. The Morgan fingerprint density at radius 2 is 2.37 bits per heavy atom. The minimum absolute atomic E-state index is 0.00328. The van der Waals surface area contributed by atoms with E-state index in [0.29, 0.717) is 23.7 Å². The van der Waals surface area contributed by atoms with Crippen LogP contribution in [0.3, 0.4) is 0 Å². The summed E-state index contributed by atoms with van der Waals surface area (Å²) >= 11 is 0. The molecule has 0 aromatic carbocycles. The minimum atomic E-state index is -0.282. The van der Waals surface area contributed by atoms with Gasteiger partial charge in [0, 0.05) is 24.9 Å². The van der Waals surface area contributed by atoms with Crippen LogP contribution in [0.2, 0.25) is 0 Å². The standard InChI is InChI=1S/C13H13N3O3/c1-8(17)9-3-13(18)16(7-9)12-4-11(19-2)10(5-14)6-15-12/h4,6,9H,3,7H2,1-2H3. The number of pyridine rings is 1. The summed E-state index contributed by atoms with van der Waals surface area (Å²) in [5.41, 5.74) is 0.306. The first kappa shape index (κ1) is 13.0. The first-order valence-corrected chi connectivity index (χ1v) is 5.81. The van der Waals surface area contributed by atoms with Gasteiger partial charge >= 0.3 is 0 Å². The van der Waals surface area contributed by atoms with Crippen LogP contribution in [0, 0.1) is 17.2 Å². The number of nitriles is 1. The number of carbonyl (C=O) groups is 2. The van der Waals surface area contributed by atoms with Crippen molar-refractivity contribution in [2.75, 3.05) is 18.6 Å². The summed E-state index contributed by atoms with van der Waals surface area (Å²) in [4.78, 5) is 28.7. The summed E-state index contributed by atoms with van der Waals surface area (Å²) in [6.45, 7) is 1.81. The van der Waals surface area contributed by atoms with Crippen molar-refractivity contribution in [2.24, 2.45) is 5.92 Å². The van der Waals surface area contributed by atoms with Gasteiger partial charge in [-0.05, 0) is 6.92 Å². The van der Waals surface area contributed by atoms with Gasteiger partial charge in [0.25, 0.3) is 0 Å². The van der Waals surface area contributed by atoms with Gasteiger partial charge in [0.1, 0.15) is 29.0 Å². The molecule has 98 valence electrons. The summed E-state index contributed by atoms with van der Waals surface area (Å²) in [6.07, 6.45) is 1.57. The second-order valence-electron chi connectivity index (χ2n) is 4.37. The van der Waals surface area contributed by atoms with Gasteiger partial charge in [0.15, 0.2) is 0 Å². The minimum Gasteiger partial charge on any atom is -0.495 e. The molecule has 6 heteroatoms. The molecule has 1 amide bonds. The van der Waals surface area contributed by atoms with Crippen LogP contribution in [0.5, 0.6) is 5.75 Å². The summed E-state index contributed by atoms with van der Waals surface area (Å²) < 4.78 is 5.08. The zero-order valence-electron chi connectivity index (χ0n) is 10.7. The first-order valence-electron chi connectivity index (χ1n) is 5.81. The first-order chi connectivity index (χ1) is 9.06. The van der Waals surface area contributed by atoms with E-state index < -0.39 is 0 Å². The van der Waals surface area contributed by atoms with Crippen molar-refractivity contribution in [3.63, 3.8) is 0 Å². The topological polar surface area (TPSA) is 83.3 Å². The fraction of sp³-hybridized carbons (Fsp3) is 0.385. The molecule has 0 saturated carbocycles. The lowest BCUT2D eigenvalue weighted by atomic mass is 10.1. The van der Waals surface area contributed by atoms with E-state index >= 15 is 0 Å². The fourth-order valence-electron chi connectivity index (χ4n) is 2.03. The molecule has 1 unspecified atom stereocenters. The molecule has 1 fully saturated rings. The molecule has 1 atom stereocenters. The molecule has 0 spiro atoms. The number of Topliss-reactive ketones (excluding diaryl/α,β-unsaturated/α-hetero) is 1. The SMILES string of the molecule is COc1cc(N2CC(C(C)=O)CC2=O)ncc1C#N. The Morgan fingerprint density at radius 1 is 1.63 bits per heavy atom. The molecule has 1 aromatic rings. The normalized spacial score (nSPS) is 18.3. The Morgan fingerprint density at radius 3 is 2.89 bits per heavy atom. The van der Waals surface area contributed by atoms with Gasteiger partial charge in [-0.1, -0.05) is 0 Å². The van der Waals surface area contributed by atoms with Crippen LogP contribution in [-0.4, -0.2) is 30.3 Å². The highest BCUT2D eigenvalue weighted by Crippen LogP contribution is 2.28. The molecule has 0 N–H and O–H groups in total.